The Hall–Kier alpha value is -3.34. The van der Waals surface area contributed by atoms with Crippen LogP contribution in [-0.2, 0) is 16.6 Å². The molecule has 0 N–H and O–H groups in total. The second kappa shape index (κ2) is 7.05. The molecule has 0 aliphatic heterocycles. The number of nitrogens with zero attached hydrogens (tertiary/aromatic N) is 1. The van der Waals surface area contributed by atoms with E-state index < -0.39 is 5.97 Å². The molecule has 0 amide bonds. The minimum atomic E-state index is -0.545. The van der Waals surface area contributed by atoms with Crippen molar-refractivity contribution in [2.24, 2.45) is 7.05 Å². The molecule has 1 aromatic heterocycles. The van der Waals surface area contributed by atoms with Crippen molar-refractivity contribution >= 4 is 16.9 Å². The number of hydrogen-bond acceptors (Lipinski definition) is 4. The van der Waals surface area contributed by atoms with E-state index in [2.05, 4.69) is 6.58 Å². The number of ether oxygens (including phenoxy) is 2. The van der Waals surface area contributed by atoms with Crippen molar-refractivity contribution in [3.05, 3.63) is 77.6 Å². The normalized spacial score (nSPS) is 10.4. The van der Waals surface area contributed by atoms with Gasteiger partial charge in [-0.25, -0.2) is 4.79 Å². The summed E-state index contributed by atoms with van der Waals surface area (Å²) >= 11 is 0. The number of aryl methyl sites for hydroxylation is 1. The molecule has 126 valence electrons. The molecule has 0 bridgehead atoms. The topological polar surface area (TPSA) is 57.5 Å². The monoisotopic (exact) mass is 335 g/mol. The third-order valence-corrected chi connectivity index (χ3v) is 3.89. The molecular weight excluding hydrogens is 318 g/mol. The summed E-state index contributed by atoms with van der Waals surface area (Å²) < 4.78 is 11.7. The second-order valence-electron chi connectivity index (χ2n) is 5.44. The zero-order valence-electron chi connectivity index (χ0n) is 13.8. The van der Waals surface area contributed by atoms with Crippen LogP contribution < -0.4 is 10.3 Å². The molecule has 0 atom stereocenters. The molecule has 0 unspecified atom stereocenters. The molecular formula is C20H17NO4. The average molecular weight is 335 g/mol. The van der Waals surface area contributed by atoms with Crippen molar-refractivity contribution in [1.29, 1.82) is 0 Å². The van der Waals surface area contributed by atoms with Crippen LogP contribution in [0, 0.1) is 0 Å². The third-order valence-electron chi connectivity index (χ3n) is 3.89. The van der Waals surface area contributed by atoms with E-state index in [1.807, 2.05) is 30.3 Å². The van der Waals surface area contributed by atoms with Crippen LogP contribution >= 0.6 is 0 Å². The van der Waals surface area contributed by atoms with Crippen LogP contribution in [0.3, 0.4) is 0 Å². The zero-order chi connectivity index (χ0) is 17.8. The molecule has 0 aliphatic carbocycles. The van der Waals surface area contributed by atoms with Crippen molar-refractivity contribution in [3.63, 3.8) is 0 Å². The van der Waals surface area contributed by atoms with Crippen molar-refractivity contribution in [2.45, 2.75) is 0 Å². The second-order valence-corrected chi connectivity index (χ2v) is 5.44. The van der Waals surface area contributed by atoms with Gasteiger partial charge in [-0.3, -0.25) is 4.79 Å². The molecule has 0 spiro atoms. The van der Waals surface area contributed by atoms with Crippen LogP contribution in [0.1, 0.15) is 0 Å². The van der Waals surface area contributed by atoms with Crippen LogP contribution in [0.4, 0.5) is 0 Å². The van der Waals surface area contributed by atoms with E-state index in [1.165, 1.54) is 0 Å². The standard InChI is InChI=1S/C20H17NO4/c1-3-19(22)25-13-24-16-10-8-14(9-11-16)17-12-15-6-4-5-7-18(15)21(2)20(17)23/h3-12H,1,13H2,2H3. The maximum atomic E-state index is 12.6. The van der Waals surface area contributed by atoms with Gasteiger partial charge in [0.15, 0.2) is 0 Å². The van der Waals surface area contributed by atoms with E-state index in [0.29, 0.717) is 11.3 Å². The zero-order valence-corrected chi connectivity index (χ0v) is 13.8. The summed E-state index contributed by atoms with van der Waals surface area (Å²) in [7, 11) is 1.76. The Morgan fingerprint density at radius 3 is 2.60 bits per heavy atom. The van der Waals surface area contributed by atoms with Crippen molar-refractivity contribution in [2.75, 3.05) is 6.79 Å². The highest BCUT2D eigenvalue weighted by Gasteiger charge is 2.09. The Bertz CT molecular complexity index is 987. The van der Waals surface area contributed by atoms with E-state index in [1.54, 1.807) is 35.9 Å². The first-order valence-electron chi connectivity index (χ1n) is 7.71. The third kappa shape index (κ3) is 3.45. The van der Waals surface area contributed by atoms with Gasteiger partial charge in [-0.15, -0.1) is 0 Å². The first kappa shape index (κ1) is 16.5. The summed E-state index contributed by atoms with van der Waals surface area (Å²) in [6, 6.07) is 16.7. The molecule has 3 aromatic rings. The number of hydrogen-bond donors (Lipinski definition) is 0. The van der Waals surface area contributed by atoms with Gasteiger partial charge >= 0.3 is 5.97 Å². The lowest BCUT2D eigenvalue weighted by molar-refractivity contribution is -0.144. The van der Waals surface area contributed by atoms with Gasteiger partial charge < -0.3 is 14.0 Å². The molecule has 3 rings (SSSR count). The van der Waals surface area contributed by atoms with Crippen LogP contribution in [0.15, 0.2) is 72.0 Å². The van der Waals surface area contributed by atoms with E-state index in [4.69, 9.17) is 9.47 Å². The lowest BCUT2D eigenvalue weighted by atomic mass is 10.0. The SMILES string of the molecule is C=CC(=O)OCOc1ccc(-c2cc3ccccc3n(C)c2=O)cc1. The molecule has 25 heavy (non-hydrogen) atoms. The summed E-state index contributed by atoms with van der Waals surface area (Å²) in [4.78, 5) is 23.6. The largest absolute Gasteiger partial charge is 0.457 e. The first-order chi connectivity index (χ1) is 12.1. The van der Waals surface area contributed by atoms with Crippen molar-refractivity contribution in [3.8, 4) is 16.9 Å². The number of pyridine rings is 1. The van der Waals surface area contributed by atoms with E-state index in [9.17, 15) is 9.59 Å². The molecule has 0 saturated heterocycles. The Morgan fingerprint density at radius 1 is 1.16 bits per heavy atom. The van der Waals surface area contributed by atoms with E-state index >= 15 is 0 Å². The van der Waals surface area contributed by atoms with Crippen LogP contribution in [0.2, 0.25) is 0 Å². The number of fused-ring (bicyclic) bond motifs is 1. The molecule has 5 heteroatoms. The summed E-state index contributed by atoms with van der Waals surface area (Å²) in [6.07, 6.45) is 1.07. The minimum absolute atomic E-state index is 0.0627. The Labute approximate surface area is 144 Å². The van der Waals surface area contributed by atoms with Crippen LogP contribution in [0.5, 0.6) is 5.75 Å². The molecule has 5 nitrogen and oxygen atoms in total. The Balaban J connectivity index is 1.86. The molecule has 0 radical (unpaired) electrons. The number of esters is 1. The fraction of sp³-hybridized carbons (Fsp3) is 0.100. The predicted molar refractivity (Wildman–Crippen MR) is 96.4 cm³/mol. The number of para-hydroxylation sites is 1. The number of carbonyl (C=O) groups is 1. The van der Waals surface area contributed by atoms with Crippen LogP contribution in [-0.4, -0.2) is 17.3 Å². The number of aromatic nitrogens is 1. The lowest BCUT2D eigenvalue weighted by Gasteiger charge is -2.10. The highest BCUT2D eigenvalue weighted by molar-refractivity contribution is 5.84. The molecule has 0 aliphatic rings. The smallest absolute Gasteiger partial charge is 0.333 e. The van der Waals surface area contributed by atoms with Gasteiger partial charge in [0.05, 0.1) is 5.52 Å². The molecule has 0 saturated carbocycles. The van der Waals surface area contributed by atoms with E-state index in [-0.39, 0.29) is 12.4 Å². The first-order valence-corrected chi connectivity index (χ1v) is 7.71. The summed E-state index contributed by atoms with van der Waals surface area (Å²) in [5.74, 6) is -0.00509. The Morgan fingerprint density at radius 2 is 1.88 bits per heavy atom. The predicted octanol–water partition coefficient (Wildman–Crippen LogP) is 3.27. The maximum absolute atomic E-state index is 12.6. The molecule has 1 heterocycles. The van der Waals surface area contributed by atoms with Gasteiger partial charge in [-0.05, 0) is 35.2 Å². The number of carbonyl (C=O) groups excluding carboxylic acids is 1. The van der Waals surface area contributed by atoms with Gasteiger partial charge in [0.2, 0.25) is 6.79 Å². The number of benzene rings is 2. The highest BCUT2D eigenvalue weighted by atomic mass is 16.7. The van der Waals surface area contributed by atoms with Gasteiger partial charge in [0.25, 0.3) is 5.56 Å². The maximum Gasteiger partial charge on any atom is 0.333 e. The summed E-state index contributed by atoms with van der Waals surface area (Å²) in [6.45, 7) is 3.11. The van der Waals surface area contributed by atoms with Crippen LogP contribution in [0.25, 0.3) is 22.0 Å². The van der Waals surface area contributed by atoms with Gasteiger partial charge in [-0.2, -0.15) is 0 Å². The lowest BCUT2D eigenvalue weighted by Crippen LogP contribution is -2.18. The van der Waals surface area contributed by atoms with Crippen molar-refractivity contribution < 1.29 is 14.3 Å². The van der Waals surface area contributed by atoms with Crippen molar-refractivity contribution in [1.82, 2.24) is 4.57 Å². The van der Waals surface area contributed by atoms with Gasteiger partial charge in [0, 0.05) is 18.7 Å². The minimum Gasteiger partial charge on any atom is -0.457 e. The van der Waals surface area contributed by atoms with E-state index in [0.717, 1.165) is 22.5 Å². The highest BCUT2D eigenvalue weighted by Crippen LogP contribution is 2.23. The number of rotatable bonds is 5. The van der Waals surface area contributed by atoms with Gasteiger partial charge in [-0.1, -0.05) is 36.9 Å². The quantitative estimate of drug-likeness (QED) is 0.408. The fourth-order valence-electron chi connectivity index (χ4n) is 2.57. The van der Waals surface area contributed by atoms with Gasteiger partial charge in [0.1, 0.15) is 5.75 Å². The Kier molecular flexibility index (Phi) is 4.66. The molecule has 2 aromatic carbocycles. The summed E-state index contributed by atoms with van der Waals surface area (Å²) in [5, 5.41) is 0.997. The molecule has 0 fully saturated rings. The average Bonchev–Trinajstić information content (AvgIpc) is 2.65. The summed E-state index contributed by atoms with van der Waals surface area (Å²) in [5.41, 5.74) is 2.24. The fourth-order valence-corrected chi connectivity index (χ4v) is 2.57.